The minimum absolute atomic E-state index is 0. The van der Waals surface area contributed by atoms with Crippen molar-refractivity contribution in [3.8, 4) is 0 Å². The van der Waals surface area contributed by atoms with Crippen molar-refractivity contribution in [3.63, 3.8) is 0 Å². The minimum Gasteiger partial charge on any atom is -0.540 e. The molecule has 0 unspecified atom stereocenters. The van der Waals surface area contributed by atoms with E-state index in [1.165, 1.54) is 0 Å². The summed E-state index contributed by atoms with van der Waals surface area (Å²) in [6.07, 6.45) is 1.94. The quantitative estimate of drug-likeness (QED) is 0.601. The first-order valence-corrected chi connectivity index (χ1v) is 2.62. The number of aliphatic hydroxyl groups excluding tert-OH is 1. The average Bonchev–Trinajstić information content (AvgIpc) is 2.14. The Morgan fingerprint density at radius 3 is 2.40 bits per heavy atom. The molecule has 0 aliphatic carbocycles. The monoisotopic (exact) mass is 367 g/mol. The molecule has 0 bridgehead atoms. The van der Waals surface area contributed by atoms with Crippen LogP contribution in [0.1, 0.15) is 6.42 Å². The standard InChI is InChI=1S/C5H8NO2.CH3.U/c7-3-4-1-5(8)2-6-4;;/h4-6,8H,1-2H2;1H3;/q2*-1;+2/t4-,5-;;/m0../s1. The molecule has 0 aromatic carbocycles. The molecule has 1 fully saturated rings. The molecule has 0 aromatic rings. The second kappa shape index (κ2) is 6.36. The van der Waals surface area contributed by atoms with E-state index < -0.39 is 0 Å². The SMILES string of the molecule is O=[C-][C@@H]1C[C@H](O)CN1.[CH3-].[U+2]. The van der Waals surface area contributed by atoms with Gasteiger partial charge < -0.3 is 22.6 Å². The summed E-state index contributed by atoms with van der Waals surface area (Å²) < 4.78 is 0. The van der Waals surface area contributed by atoms with Crippen molar-refractivity contribution in [3.05, 3.63) is 7.43 Å². The van der Waals surface area contributed by atoms with Crippen LogP contribution in [0.15, 0.2) is 0 Å². The summed E-state index contributed by atoms with van der Waals surface area (Å²) in [5, 5.41) is 11.6. The smallest absolute Gasteiger partial charge is 0.540 e. The van der Waals surface area contributed by atoms with Crippen LogP contribution >= 0.6 is 0 Å². The van der Waals surface area contributed by atoms with Gasteiger partial charge in [-0.2, -0.15) is 0 Å². The normalized spacial score (nSPS) is 30.1. The number of hydrogen-bond donors (Lipinski definition) is 2. The fourth-order valence-electron chi connectivity index (χ4n) is 0.807. The average molecular weight is 367 g/mol. The van der Waals surface area contributed by atoms with Crippen molar-refractivity contribution in [2.45, 2.75) is 18.6 Å². The number of aliphatic hydroxyl groups is 1. The molecule has 1 rings (SSSR count). The zero-order valence-corrected chi connectivity index (χ0v) is 10.1. The number of β-amino-alcohol motifs (C(OH)–C–C–N with tert-alkyl or cyclic N) is 1. The van der Waals surface area contributed by atoms with Crippen LogP contribution in [0.4, 0.5) is 0 Å². The Balaban J connectivity index is 0. The van der Waals surface area contributed by atoms with E-state index in [1.807, 2.05) is 0 Å². The molecule has 4 heteroatoms. The molecule has 1 heterocycles. The number of carbonyl (C=O) groups excluding carboxylic acids is 1. The summed E-state index contributed by atoms with van der Waals surface area (Å²) in [7, 11) is 0. The van der Waals surface area contributed by atoms with Gasteiger partial charge >= 0.3 is 31.1 Å². The van der Waals surface area contributed by atoms with Crippen molar-refractivity contribution in [1.29, 1.82) is 0 Å². The van der Waals surface area contributed by atoms with Crippen molar-refractivity contribution >= 4 is 6.29 Å². The van der Waals surface area contributed by atoms with Gasteiger partial charge in [0.25, 0.3) is 0 Å². The fraction of sp³-hybridized carbons (Fsp3) is 0.667. The summed E-state index contributed by atoms with van der Waals surface area (Å²) in [4.78, 5) is 9.85. The largest absolute Gasteiger partial charge is 2.00 e. The molecule has 1 saturated heterocycles. The molecule has 2 N–H and O–H groups in total. The van der Waals surface area contributed by atoms with Crippen LogP contribution in [0.3, 0.4) is 0 Å². The van der Waals surface area contributed by atoms with Gasteiger partial charge in [-0.05, 0) is 6.42 Å². The second-order valence-corrected chi connectivity index (χ2v) is 1.97. The predicted octanol–water partition coefficient (Wildman–Crippen LogP) is -0.731. The molecular formula is C6H11NO2U. The third kappa shape index (κ3) is 3.72. The maximum absolute atomic E-state index is 9.85. The van der Waals surface area contributed by atoms with Gasteiger partial charge in [0, 0.05) is 6.54 Å². The molecule has 1 aliphatic rings. The summed E-state index contributed by atoms with van der Waals surface area (Å²) in [6, 6.07) is -0.231. The summed E-state index contributed by atoms with van der Waals surface area (Å²) >= 11 is 0. The van der Waals surface area contributed by atoms with E-state index in [4.69, 9.17) is 5.11 Å². The third-order valence-electron chi connectivity index (χ3n) is 1.25. The summed E-state index contributed by atoms with van der Waals surface area (Å²) in [5.41, 5.74) is 0. The number of nitrogens with one attached hydrogen (secondary N) is 1. The van der Waals surface area contributed by atoms with Crippen molar-refractivity contribution in [1.82, 2.24) is 5.32 Å². The summed E-state index contributed by atoms with van der Waals surface area (Å²) in [5.74, 6) is 0. The van der Waals surface area contributed by atoms with Gasteiger partial charge in [-0.1, -0.05) is 6.04 Å². The fourth-order valence-corrected chi connectivity index (χ4v) is 0.807. The van der Waals surface area contributed by atoms with Gasteiger partial charge in [-0.3, -0.25) is 0 Å². The maximum atomic E-state index is 9.85. The van der Waals surface area contributed by atoms with Crippen molar-refractivity contribution in [2.75, 3.05) is 6.54 Å². The van der Waals surface area contributed by atoms with E-state index in [0.717, 1.165) is 0 Å². The predicted molar refractivity (Wildman–Crippen MR) is 34.5 cm³/mol. The number of rotatable bonds is 1. The number of hydrogen-bond acceptors (Lipinski definition) is 3. The first kappa shape index (κ1) is 13.2. The van der Waals surface area contributed by atoms with Crippen LogP contribution in [0, 0.1) is 38.5 Å². The molecule has 56 valence electrons. The molecule has 0 amide bonds. The molecule has 0 aromatic heterocycles. The van der Waals surface area contributed by atoms with E-state index in [2.05, 4.69) is 5.32 Å². The van der Waals surface area contributed by atoms with Gasteiger partial charge in [0.1, 0.15) is 0 Å². The Morgan fingerprint density at radius 1 is 1.60 bits per heavy atom. The van der Waals surface area contributed by atoms with Crippen LogP contribution in [0.25, 0.3) is 0 Å². The Labute approximate surface area is 84.9 Å². The van der Waals surface area contributed by atoms with Crippen molar-refractivity contribution in [2.24, 2.45) is 0 Å². The molecule has 10 heavy (non-hydrogen) atoms. The molecule has 0 radical (unpaired) electrons. The van der Waals surface area contributed by atoms with Crippen LogP contribution in [-0.2, 0) is 4.79 Å². The van der Waals surface area contributed by atoms with E-state index in [9.17, 15) is 4.79 Å². The molecule has 0 spiro atoms. The molecule has 2 atom stereocenters. The third-order valence-corrected chi connectivity index (χ3v) is 1.25. The second-order valence-electron chi connectivity index (χ2n) is 1.97. The van der Waals surface area contributed by atoms with E-state index in [0.29, 0.717) is 13.0 Å². The summed E-state index contributed by atoms with van der Waals surface area (Å²) in [6.45, 7) is 0.528. The first-order valence-electron chi connectivity index (χ1n) is 2.62. The van der Waals surface area contributed by atoms with Crippen LogP contribution < -0.4 is 5.32 Å². The van der Waals surface area contributed by atoms with Crippen LogP contribution in [0.5, 0.6) is 0 Å². The first-order chi connectivity index (χ1) is 3.83. The van der Waals surface area contributed by atoms with E-state index >= 15 is 0 Å². The molecular weight excluding hydrogens is 356 g/mol. The topological polar surface area (TPSA) is 49.3 Å². The van der Waals surface area contributed by atoms with Gasteiger partial charge in [-0.15, -0.1) is 0 Å². The molecule has 0 saturated carbocycles. The zero-order chi connectivity index (χ0) is 5.98. The van der Waals surface area contributed by atoms with Gasteiger partial charge in [0.05, 0.1) is 6.10 Å². The van der Waals surface area contributed by atoms with Crippen LogP contribution in [0.2, 0.25) is 0 Å². The van der Waals surface area contributed by atoms with E-state index in [1.54, 1.807) is 6.29 Å². The van der Waals surface area contributed by atoms with Crippen molar-refractivity contribution < 1.29 is 41.0 Å². The maximum Gasteiger partial charge on any atom is 2.00 e. The van der Waals surface area contributed by atoms with Gasteiger partial charge in [0.2, 0.25) is 0 Å². The van der Waals surface area contributed by atoms with Gasteiger partial charge in [0.15, 0.2) is 0 Å². The van der Waals surface area contributed by atoms with Gasteiger partial charge in [-0.25, -0.2) is 6.29 Å². The Kier molecular flexibility index (Phi) is 8.42. The Bertz CT molecular complexity index is 99.7. The zero-order valence-electron chi connectivity index (χ0n) is 5.92. The molecule has 1 aliphatic heterocycles. The Hall–Kier alpha value is 0.642. The molecule has 3 nitrogen and oxygen atoms in total. The van der Waals surface area contributed by atoms with E-state index in [-0.39, 0.29) is 50.7 Å². The Morgan fingerprint density at radius 2 is 2.20 bits per heavy atom. The minimum atomic E-state index is -0.346. The van der Waals surface area contributed by atoms with Crippen LogP contribution in [-0.4, -0.2) is 30.1 Å².